The number of hydrogen-bond donors (Lipinski definition) is 2. The van der Waals surface area contributed by atoms with Gasteiger partial charge in [-0.2, -0.15) is 0 Å². The molecule has 2 N–H and O–H groups in total. The molecule has 0 bridgehead atoms. The smallest absolute Gasteiger partial charge is 0.264 e. The molecule has 0 saturated carbocycles. The number of benzene rings is 3. The molecule has 4 rings (SSSR count). The Morgan fingerprint density at radius 1 is 0.969 bits per heavy atom. The van der Waals surface area contributed by atoms with Crippen LogP contribution in [0, 0.1) is 0 Å². The van der Waals surface area contributed by atoms with Crippen molar-refractivity contribution < 1.29 is 18.7 Å². The van der Waals surface area contributed by atoms with Gasteiger partial charge in [0.05, 0.1) is 14.2 Å². The van der Waals surface area contributed by atoms with Crippen molar-refractivity contribution in [2.24, 2.45) is 0 Å². The van der Waals surface area contributed by atoms with Crippen LogP contribution in [0.25, 0.3) is 22.6 Å². The predicted molar refractivity (Wildman–Crippen MR) is 126 cm³/mol. The van der Waals surface area contributed by atoms with Crippen LogP contribution in [0.1, 0.15) is 15.9 Å². The summed E-state index contributed by atoms with van der Waals surface area (Å²) in [6, 6.07) is 20.5. The summed E-state index contributed by atoms with van der Waals surface area (Å²) in [5.74, 6) is 0.959. The van der Waals surface area contributed by atoms with Crippen LogP contribution in [0.4, 0.5) is 0 Å². The second-order valence-corrected chi connectivity index (χ2v) is 7.27. The van der Waals surface area contributed by atoms with Gasteiger partial charge in [-0.25, -0.2) is 4.98 Å². The van der Waals surface area contributed by atoms with Crippen LogP contribution in [-0.4, -0.2) is 30.2 Å². The summed E-state index contributed by atoms with van der Waals surface area (Å²) in [4.78, 5) is 17.2. The zero-order chi connectivity index (χ0) is 22.5. The monoisotopic (exact) mass is 447 g/mol. The number of aromatic nitrogens is 1. The average Bonchev–Trinajstić information content (AvgIpc) is 3.26. The van der Waals surface area contributed by atoms with Crippen LogP contribution in [0.15, 0.2) is 71.1 Å². The molecule has 0 spiro atoms. The van der Waals surface area contributed by atoms with Crippen LogP contribution < -0.4 is 20.1 Å². The number of thiocarbonyl (C=S) groups is 1. The Bertz CT molecular complexity index is 1210. The van der Waals surface area contributed by atoms with Crippen LogP contribution in [0.2, 0.25) is 0 Å². The van der Waals surface area contributed by atoms with Gasteiger partial charge in [-0.1, -0.05) is 30.3 Å². The predicted octanol–water partition coefficient (Wildman–Crippen LogP) is 4.32. The fraction of sp³-hybridized carbons (Fsp3) is 0.125. The van der Waals surface area contributed by atoms with Gasteiger partial charge in [0.2, 0.25) is 5.89 Å². The molecule has 1 aromatic heterocycles. The third kappa shape index (κ3) is 4.55. The van der Waals surface area contributed by atoms with Gasteiger partial charge >= 0.3 is 0 Å². The van der Waals surface area contributed by atoms with E-state index in [0.29, 0.717) is 23.9 Å². The quantitative estimate of drug-likeness (QED) is 0.426. The maximum absolute atomic E-state index is 12.7. The lowest BCUT2D eigenvalue weighted by Crippen LogP contribution is -2.39. The Morgan fingerprint density at radius 3 is 2.31 bits per heavy atom. The van der Waals surface area contributed by atoms with Crippen molar-refractivity contribution in [3.63, 3.8) is 0 Å². The minimum atomic E-state index is -0.414. The highest BCUT2D eigenvalue weighted by molar-refractivity contribution is 7.80. The first-order valence-electron chi connectivity index (χ1n) is 9.84. The Hall–Kier alpha value is -3.91. The summed E-state index contributed by atoms with van der Waals surface area (Å²) in [7, 11) is 2.99. The topological polar surface area (TPSA) is 85.6 Å². The number of nitrogens with zero attached hydrogens (tertiary/aromatic N) is 1. The Balaban J connectivity index is 1.38. The molecule has 1 amide bonds. The normalized spacial score (nSPS) is 10.6. The number of nitrogens with one attached hydrogen (secondary N) is 2. The number of methoxy groups -OCH3 is 2. The molecule has 3 aromatic carbocycles. The maximum atomic E-state index is 12.7. The van der Waals surface area contributed by atoms with E-state index in [1.807, 2.05) is 48.5 Å². The first-order chi connectivity index (χ1) is 15.6. The molecule has 7 nitrogen and oxygen atoms in total. The van der Waals surface area contributed by atoms with Gasteiger partial charge in [0.15, 0.2) is 10.7 Å². The van der Waals surface area contributed by atoms with Gasteiger partial charge in [-0.05, 0) is 54.2 Å². The highest BCUT2D eigenvalue weighted by Crippen LogP contribution is 2.28. The molecule has 32 heavy (non-hydrogen) atoms. The molecule has 1 heterocycles. The second kappa shape index (κ2) is 9.49. The van der Waals surface area contributed by atoms with Crippen molar-refractivity contribution in [1.29, 1.82) is 0 Å². The van der Waals surface area contributed by atoms with Gasteiger partial charge in [-0.3, -0.25) is 10.1 Å². The zero-order valence-corrected chi connectivity index (χ0v) is 18.4. The van der Waals surface area contributed by atoms with Gasteiger partial charge < -0.3 is 19.2 Å². The SMILES string of the molecule is COc1cccc(OC)c1C(=O)NC(=S)NCc1ccc(-c2nc3ccccc3o2)cc1. The van der Waals surface area contributed by atoms with E-state index in [2.05, 4.69) is 15.6 Å². The Kier molecular flexibility index (Phi) is 6.32. The van der Waals surface area contributed by atoms with E-state index < -0.39 is 5.91 Å². The van der Waals surface area contributed by atoms with Crippen LogP contribution in [0.5, 0.6) is 11.5 Å². The van der Waals surface area contributed by atoms with E-state index in [1.165, 1.54) is 14.2 Å². The van der Waals surface area contributed by atoms with Gasteiger partial charge in [0.25, 0.3) is 5.91 Å². The van der Waals surface area contributed by atoms with Crippen LogP contribution >= 0.6 is 12.2 Å². The van der Waals surface area contributed by atoms with E-state index in [0.717, 1.165) is 22.2 Å². The Morgan fingerprint density at radius 2 is 1.66 bits per heavy atom. The summed E-state index contributed by atoms with van der Waals surface area (Å²) in [5.41, 5.74) is 3.71. The fourth-order valence-corrected chi connectivity index (χ4v) is 3.39. The number of rotatable bonds is 6. The van der Waals surface area contributed by atoms with Crippen molar-refractivity contribution in [2.45, 2.75) is 6.54 Å². The number of ether oxygens (including phenoxy) is 2. The van der Waals surface area contributed by atoms with E-state index in [9.17, 15) is 4.79 Å². The van der Waals surface area contributed by atoms with E-state index in [1.54, 1.807) is 18.2 Å². The molecule has 0 aliphatic carbocycles. The molecular weight excluding hydrogens is 426 g/mol. The van der Waals surface area contributed by atoms with Gasteiger partial charge in [-0.15, -0.1) is 0 Å². The molecule has 0 radical (unpaired) electrons. The number of hydrogen-bond acceptors (Lipinski definition) is 6. The van der Waals surface area contributed by atoms with E-state index in [4.69, 9.17) is 26.1 Å². The van der Waals surface area contributed by atoms with E-state index >= 15 is 0 Å². The third-order valence-electron chi connectivity index (χ3n) is 4.83. The molecular formula is C24H21N3O4S. The summed E-state index contributed by atoms with van der Waals surface area (Å²) >= 11 is 5.28. The first kappa shape index (κ1) is 21.3. The zero-order valence-electron chi connectivity index (χ0n) is 17.5. The summed E-state index contributed by atoms with van der Waals surface area (Å²) in [6.07, 6.45) is 0. The summed E-state index contributed by atoms with van der Waals surface area (Å²) < 4.78 is 16.3. The van der Waals surface area contributed by atoms with Crippen molar-refractivity contribution >= 4 is 34.3 Å². The number of fused-ring (bicyclic) bond motifs is 1. The number of amides is 1. The second-order valence-electron chi connectivity index (χ2n) is 6.86. The molecule has 162 valence electrons. The molecule has 4 aromatic rings. The molecule has 0 aliphatic heterocycles. The number of carbonyl (C=O) groups is 1. The molecule has 8 heteroatoms. The maximum Gasteiger partial charge on any atom is 0.264 e. The molecule has 0 aliphatic rings. The first-order valence-corrected chi connectivity index (χ1v) is 10.2. The van der Waals surface area contributed by atoms with Crippen LogP contribution in [0.3, 0.4) is 0 Å². The van der Waals surface area contributed by atoms with Crippen LogP contribution in [-0.2, 0) is 6.54 Å². The molecule has 0 fully saturated rings. The molecule has 0 unspecified atom stereocenters. The fourth-order valence-electron chi connectivity index (χ4n) is 3.23. The number of oxazole rings is 1. The lowest BCUT2D eigenvalue weighted by Gasteiger charge is -2.14. The average molecular weight is 448 g/mol. The minimum absolute atomic E-state index is 0.200. The van der Waals surface area contributed by atoms with Gasteiger partial charge in [0, 0.05) is 12.1 Å². The summed E-state index contributed by atoms with van der Waals surface area (Å²) in [6.45, 7) is 0.440. The van der Waals surface area contributed by atoms with Crippen molar-refractivity contribution in [1.82, 2.24) is 15.6 Å². The summed E-state index contributed by atoms with van der Waals surface area (Å²) in [5, 5.41) is 5.90. The lowest BCUT2D eigenvalue weighted by molar-refractivity contribution is 0.0970. The van der Waals surface area contributed by atoms with Crippen molar-refractivity contribution in [2.75, 3.05) is 14.2 Å². The largest absolute Gasteiger partial charge is 0.496 e. The van der Waals surface area contributed by atoms with Crippen molar-refractivity contribution in [3.05, 3.63) is 77.9 Å². The highest BCUT2D eigenvalue weighted by Gasteiger charge is 2.19. The highest BCUT2D eigenvalue weighted by atomic mass is 32.1. The lowest BCUT2D eigenvalue weighted by atomic mass is 10.1. The van der Waals surface area contributed by atoms with E-state index in [-0.39, 0.29) is 10.7 Å². The minimum Gasteiger partial charge on any atom is -0.496 e. The molecule has 0 atom stereocenters. The number of carbonyl (C=O) groups excluding carboxylic acids is 1. The van der Waals surface area contributed by atoms with Crippen molar-refractivity contribution in [3.8, 4) is 23.0 Å². The number of para-hydroxylation sites is 2. The standard InChI is InChI=1S/C24H21N3O4S/c1-29-19-8-5-9-20(30-2)21(19)22(28)27-24(32)25-14-15-10-12-16(13-11-15)23-26-17-6-3-4-7-18(17)31-23/h3-13H,14H2,1-2H3,(H2,25,27,28,32). The Labute approximate surface area is 190 Å². The van der Waals surface area contributed by atoms with Gasteiger partial charge in [0.1, 0.15) is 22.6 Å². The molecule has 0 saturated heterocycles. The third-order valence-corrected chi connectivity index (χ3v) is 5.08.